The van der Waals surface area contributed by atoms with Gasteiger partial charge < -0.3 is 10.2 Å². The molecule has 0 aromatic rings. The van der Waals surface area contributed by atoms with Crippen LogP contribution in [0.3, 0.4) is 0 Å². The molecular weight excluding hydrogens is 320 g/mol. The fraction of sp³-hybridized carbons (Fsp3) is 0.733. The average Bonchev–Trinajstić information content (AvgIpc) is 3.14. The quantitative estimate of drug-likeness (QED) is 0.567. The number of hydrogen-bond donors (Lipinski definition) is 1. The number of nitrogens with zero attached hydrogens (tertiary/aromatic N) is 1. The lowest BCUT2D eigenvalue weighted by Crippen LogP contribution is -2.32. The van der Waals surface area contributed by atoms with Crippen molar-refractivity contribution < 1.29 is 24.0 Å². The summed E-state index contributed by atoms with van der Waals surface area (Å²) in [5.74, 6) is 0.101. The molecule has 3 fully saturated rings. The lowest BCUT2D eigenvalue weighted by molar-refractivity contribution is -0.197. The standard InChI is InChI=1S/C15H20N2O5S/c18-12-7-9-10(16-12)8-23-11(9)3-1-2-4-15(21)22-17-13(19)5-6-14(17)20/h9-11H,1-8H2,(H,16,18)/t9-,10-,11-/m0/s1. The van der Waals surface area contributed by atoms with Crippen LogP contribution >= 0.6 is 11.8 Å². The summed E-state index contributed by atoms with van der Waals surface area (Å²) >= 11 is 1.89. The van der Waals surface area contributed by atoms with Crippen LogP contribution in [0.25, 0.3) is 0 Å². The zero-order valence-corrected chi connectivity index (χ0v) is 13.6. The van der Waals surface area contributed by atoms with Crippen molar-refractivity contribution in [2.45, 2.75) is 56.2 Å². The molecule has 7 nitrogen and oxygen atoms in total. The van der Waals surface area contributed by atoms with Gasteiger partial charge in [-0.25, -0.2) is 4.79 Å². The molecule has 0 bridgehead atoms. The minimum absolute atomic E-state index is 0.111. The van der Waals surface area contributed by atoms with Crippen molar-refractivity contribution in [1.82, 2.24) is 10.4 Å². The number of unbranched alkanes of at least 4 members (excludes halogenated alkanes) is 1. The molecule has 3 heterocycles. The van der Waals surface area contributed by atoms with Crippen molar-refractivity contribution in [3.8, 4) is 0 Å². The summed E-state index contributed by atoms with van der Waals surface area (Å²) in [6, 6.07) is 0.314. The average molecular weight is 340 g/mol. The molecule has 0 radical (unpaired) electrons. The molecule has 3 aliphatic heterocycles. The second kappa shape index (κ2) is 6.90. The van der Waals surface area contributed by atoms with Crippen LogP contribution < -0.4 is 5.32 Å². The number of carbonyl (C=O) groups excluding carboxylic acids is 4. The highest BCUT2D eigenvalue weighted by Gasteiger charge is 2.42. The van der Waals surface area contributed by atoms with Crippen molar-refractivity contribution in [2.75, 3.05) is 5.75 Å². The highest BCUT2D eigenvalue weighted by Crippen LogP contribution is 2.40. The molecule has 3 saturated heterocycles. The SMILES string of the molecule is O=C1C[C@H]2[C@H](CS[C@H]2CCCCC(=O)ON2C(=O)CCC2=O)N1. The third-order valence-corrected chi connectivity index (χ3v) is 6.14. The number of hydrogen-bond acceptors (Lipinski definition) is 6. The predicted octanol–water partition coefficient (Wildman–Crippen LogP) is 0.774. The Morgan fingerprint density at radius 3 is 2.70 bits per heavy atom. The monoisotopic (exact) mass is 340 g/mol. The Hall–Kier alpha value is -1.57. The first-order valence-corrected chi connectivity index (χ1v) is 9.07. The fourth-order valence-electron chi connectivity index (χ4n) is 3.35. The molecular formula is C15H20N2O5S. The largest absolute Gasteiger partial charge is 0.352 e. The van der Waals surface area contributed by atoms with Gasteiger partial charge >= 0.3 is 5.97 Å². The van der Waals surface area contributed by atoms with Crippen LogP contribution in [-0.2, 0) is 24.0 Å². The first kappa shape index (κ1) is 16.3. The normalized spacial score (nSPS) is 29.8. The number of nitrogens with one attached hydrogen (secondary N) is 1. The van der Waals surface area contributed by atoms with E-state index in [4.69, 9.17) is 4.84 Å². The van der Waals surface area contributed by atoms with E-state index in [9.17, 15) is 19.2 Å². The minimum atomic E-state index is -0.539. The maximum Gasteiger partial charge on any atom is 0.333 e. The minimum Gasteiger partial charge on any atom is -0.352 e. The molecule has 3 aliphatic rings. The number of thioether (sulfide) groups is 1. The van der Waals surface area contributed by atoms with Crippen molar-refractivity contribution in [1.29, 1.82) is 0 Å². The van der Waals surface area contributed by atoms with E-state index >= 15 is 0 Å². The van der Waals surface area contributed by atoms with Crippen LogP contribution in [0, 0.1) is 5.92 Å². The van der Waals surface area contributed by atoms with Crippen LogP contribution in [0.15, 0.2) is 0 Å². The molecule has 0 saturated carbocycles. The summed E-state index contributed by atoms with van der Waals surface area (Å²) in [5, 5.41) is 4.06. The van der Waals surface area contributed by atoms with Crippen molar-refractivity contribution >= 4 is 35.5 Å². The summed E-state index contributed by atoms with van der Waals surface area (Å²) in [6.45, 7) is 0. The van der Waals surface area contributed by atoms with Gasteiger partial charge in [-0.2, -0.15) is 11.8 Å². The van der Waals surface area contributed by atoms with Crippen LogP contribution in [0.4, 0.5) is 0 Å². The van der Waals surface area contributed by atoms with Gasteiger partial charge in [0, 0.05) is 48.6 Å². The van der Waals surface area contributed by atoms with Gasteiger partial charge in [-0.3, -0.25) is 14.4 Å². The second-order valence-electron chi connectivity index (χ2n) is 6.20. The number of fused-ring (bicyclic) bond motifs is 1. The highest BCUT2D eigenvalue weighted by molar-refractivity contribution is 8.00. The van der Waals surface area contributed by atoms with E-state index in [-0.39, 0.29) is 25.2 Å². The van der Waals surface area contributed by atoms with Crippen molar-refractivity contribution in [2.24, 2.45) is 5.92 Å². The zero-order chi connectivity index (χ0) is 16.4. The molecule has 3 amide bonds. The Morgan fingerprint density at radius 1 is 1.22 bits per heavy atom. The number of hydroxylamine groups is 2. The fourth-order valence-corrected chi connectivity index (χ4v) is 5.00. The molecule has 0 spiro atoms. The van der Waals surface area contributed by atoms with E-state index in [1.165, 1.54) is 0 Å². The third kappa shape index (κ3) is 3.68. The van der Waals surface area contributed by atoms with E-state index in [0.29, 0.717) is 35.1 Å². The molecule has 3 rings (SSSR count). The van der Waals surface area contributed by atoms with Crippen LogP contribution in [-0.4, -0.2) is 45.8 Å². The molecule has 8 heteroatoms. The summed E-state index contributed by atoms with van der Waals surface area (Å²) in [6.07, 6.45) is 3.52. The first-order chi connectivity index (χ1) is 11.0. The zero-order valence-electron chi connectivity index (χ0n) is 12.8. The summed E-state index contributed by atoms with van der Waals surface area (Å²) in [4.78, 5) is 50.6. The lowest BCUT2D eigenvalue weighted by Gasteiger charge is -2.16. The molecule has 0 unspecified atom stereocenters. The second-order valence-corrected chi connectivity index (χ2v) is 7.48. The number of amides is 3. The van der Waals surface area contributed by atoms with Crippen molar-refractivity contribution in [3.05, 3.63) is 0 Å². The Balaban J connectivity index is 1.34. The van der Waals surface area contributed by atoms with E-state index < -0.39 is 17.8 Å². The van der Waals surface area contributed by atoms with E-state index in [1.807, 2.05) is 11.8 Å². The van der Waals surface area contributed by atoms with Crippen molar-refractivity contribution in [3.63, 3.8) is 0 Å². The summed E-state index contributed by atoms with van der Waals surface area (Å²) in [7, 11) is 0. The van der Waals surface area contributed by atoms with E-state index in [1.54, 1.807) is 0 Å². The Labute approximate surface area is 138 Å². The number of carbonyl (C=O) groups is 4. The number of imide groups is 1. The van der Waals surface area contributed by atoms with E-state index in [2.05, 4.69) is 5.32 Å². The van der Waals surface area contributed by atoms with Gasteiger partial charge in [0.05, 0.1) is 0 Å². The molecule has 23 heavy (non-hydrogen) atoms. The molecule has 0 aromatic carbocycles. The maximum atomic E-state index is 11.7. The van der Waals surface area contributed by atoms with Gasteiger partial charge in [0.15, 0.2) is 0 Å². The van der Waals surface area contributed by atoms with Crippen LogP contribution in [0.5, 0.6) is 0 Å². The summed E-state index contributed by atoms with van der Waals surface area (Å²) < 4.78 is 0. The molecule has 1 N–H and O–H groups in total. The first-order valence-electron chi connectivity index (χ1n) is 8.02. The molecule has 126 valence electrons. The van der Waals surface area contributed by atoms with E-state index in [0.717, 1.165) is 18.6 Å². The summed E-state index contributed by atoms with van der Waals surface area (Å²) in [5.41, 5.74) is 0. The molecule has 0 aromatic heterocycles. The predicted molar refractivity (Wildman–Crippen MR) is 81.9 cm³/mol. The van der Waals surface area contributed by atoms with Gasteiger partial charge in [-0.05, 0) is 12.8 Å². The molecule has 3 atom stereocenters. The Morgan fingerprint density at radius 2 is 1.96 bits per heavy atom. The molecule has 0 aliphatic carbocycles. The smallest absolute Gasteiger partial charge is 0.333 e. The highest BCUT2D eigenvalue weighted by atomic mass is 32.2. The van der Waals surface area contributed by atoms with Gasteiger partial charge in [0.25, 0.3) is 11.8 Å². The number of rotatable bonds is 6. The maximum absolute atomic E-state index is 11.7. The third-order valence-electron chi connectivity index (χ3n) is 4.57. The van der Waals surface area contributed by atoms with Gasteiger partial charge in [-0.1, -0.05) is 6.42 Å². The van der Waals surface area contributed by atoms with Crippen LogP contribution in [0.2, 0.25) is 0 Å². The Bertz CT molecular complexity index is 522. The Kier molecular flexibility index (Phi) is 4.89. The van der Waals surface area contributed by atoms with Gasteiger partial charge in [-0.15, -0.1) is 5.06 Å². The van der Waals surface area contributed by atoms with Gasteiger partial charge in [0.2, 0.25) is 5.91 Å². The van der Waals surface area contributed by atoms with Crippen LogP contribution in [0.1, 0.15) is 44.9 Å². The lowest BCUT2D eigenvalue weighted by atomic mass is 9.94. The van der Waals surface area contributed by atoms with Gasteiger partial charge in [0.1, 0.15) is 0 Å². The topological polar surface area (TPSA) is 92.8 Å².